The van der Waals surface area contributed by atoms with E-state index in [1.807, 2.05) is 0 Å². The van der Waals surface area contributed by atoms with Crippen molar-refractivity contribution >= 4 is 11.6 Å². The number of carbonyl (C=O) groups excluding carboxylic acids is 1. The van der Waals surface area contributed by atoms with Crippen molar-refractivity contribution in [3.63, 3.8) is 0 Å². The maximum absolute atomic E-state index is 12.8. The van der Waals surface area contributed by atoms with E-state index >= 15 is 0 Å². The lowest BCUT2D eigenvalue weighted by Crippen LogP contribution is -2.26. The molecule has 1 amide bonds. The van der Waals surface area contributed by atoms with Crippen molar-refractivity contribution in [2.75, 3.05) is 35.5 Å². The van der Waals surface area contributed by atoms with Crippen LogP contribution in [-0.4, -0.2) is 51.2 Å². The van der Waals surface area contributed by atoms with Crippen LogP contribution >= 0.6 is 0 Å². The van der Waals surface area contributed by atoms with Gasteiger partial charge in [-0.05, 0) is 24.3 Å². The third kappa shape index (κ3) is 4.08. The van der Waals surface area contributed by atoms with E-state index in [-0.39, 0.29) is 29.5 Å². The molecule has 9 heteroatoms. The predicted molar refractivity (Wildman–Crippen MR) is 102 cm³/mol. The number of nitrogens with zero attached hydrogens (tertiary/aromatic N) is 2. The van der Waals surface area contributed by atoms with Crippen LogP contribution in [0.4, 0.5) is 5.69 Å². The van der Waals surface area contributed by atoms with Gasteiger partial charge < -0.3 is 23.8 Å². The molecule has 0 saturated heterocycles. The highest BCUT2D eigenvalue weighted by molar-refractivity contribution is 5.95. The molecule has 2 aromatic carbocycles. The zero-order valence-electron chi connectivity index (χ0n) is 16.3. The van der Waals surface area contributed by atoms with Crippen LogP contribution in [0.3, 0.4) is 0 Å². The monoisotopic (exact) mass is 390 g/mol. The van der Waals surface area contributed by atoms with Crippen LogP contribution in [0.5, 0.6) is 23.0 Å². The summed E-state index contributed by atoms with van der Waals surface area (Å²) < 4.78 is 21.0. The van der Waals surface area contributed by atoms with Gasteiger partial charge in [-0.2, -0.15) is 0 Å². The quantitative estimate of drug-likeness (QED) is 0.505. The molecule has 2 aromatic rings. The van der Waals surface area contributed by atoms with Crippen LogP contribution in [-0.2, 0) is 6.54 Å². The molecule has 9 nitrogen and oxygen atoms in total. The number of amides is 1. The van der Waals surface area contributed by atoms with E-state index < -0.39 is 4.92 Å². The van der Waals surface area contributed by atoms with Crippen LogP contribution in [0.1, 0.15) is 15.9 Å². The second-order valence-corrected chi connectivity index (χ2v) is 5.80. The molecule has 2 rings (SSSR count). The summed E-state index contributed by atoms with van der Waals surface area (Å²) in [6.45, 7) is 0.197. The van der Waals surface area contributed by atoms with Gasteiger partial charge in [-0.25, -0.2) is 0 Å². The van der Waals surface area contributed by atoms with Gasteiger partial charge in [-0.3, -0.25) is 14.9 Å². The summed E-state index contributed by atoms with van der Waals surface area (Å²) in [6.07, 6.45) is 0. The van der Waals surface area contributed by atoms with Crippen molar-refractivity contribution in [3.05, 3.63) is 51.6 Å². The fourth-order valence-corrected chi connectivity index (χ4v) is 2.80. The highest BCUT2D eigenvalue weighted by atomic mass is 16.6. The number of carbonyl (C=O) groups is 1. The van der Waals surface area contributed by atoms with E-state index in [1.54, 1.807) is 19.2 Å². The lowest BCUT2D eigenvalue weighted by Gasteiger charge is -2.21. The lowest BCUT2D eigenvalue weighted by molar-refractivity contribution is -0.385. The molecule has 0 fully saturated rings. The Bertz CT molecular complexity index is 883. The fourth-order valence-electron chi connectivity index (χ4n) is 2.80. The molecule has 0 heterocycles. The Labute approximate surface area is 162 Å². The molecule has 0 unspecified atom stereocenters. The first-order valence-electron chi connectivity index (χ1n) is 8.23. The summed E-state index contributed by atoms with van der Waals surface area (Å²) in [6, 6.07) is 7.56. The van der Waals surface area contributed by atoms with Gasteiger partial charge in [0.1, 0.15) is 0 Å². The number of nitro groups is 1. The Morgan fingerprint density at radius 1 is 0.964 bits per heavy atom. The number of methoxy groups -OCH3 is 4. The van der Waals surface area contributed by atoms with Crippen molar-refractivity contribution in [1.82, 2.24) is 4.90 Å². The Kier molecular flexibility index (Phi) is 6.64. The van der Waals surface area contributed by atoms with Crippen LogP contribution in [0.25, 0.3) is 0 Å². The summed E-state index contributed by atoms with van der Waals surface area (Å²) in [5, 5.41) is 11.2. The molecule has 0 radical (unpaired) electrons. The molecule has 0 aliphatic rings. The smallest absolute Gasteiger partial charge is 0.311 e. The molecule has 28 heavy (non-hydrogen) atoms. The van der Waals surface area contributed by atoms with Crippen molar-refractivity contribution < 1.29 is 28.7 Å². The minimum atomic E-state index is -0.590. The average Bonchev–Trinajstić information content (AvgIpc) is 2.71. The fraction of sp³-hybridized carbons (Fsp3) is 0.316. The van der Waals surface area contributed by atoms with E-state index in [1.165, 1.54) is 51.5 Å². The van der Waals surface area contributed by atoms with Crippen LogP contribution in [0.15, 0.2) is 30.3 Å². The van der Waals surface area contributed by atoms with Gasteiger partial charge in [0.05, 0.1) is 33.4 Å². The Hall–Kier alpha value is -3.49. The lowest BCUT2D eigenvalue weighted by atomic mass is 10.1. The maximum Gasteiger partial charge on any atom is 0.311 e. The largest absolute Gasteiger partial charge is 0.493 e. The first kappa shape index (κ1) is 20.8. The molecule has 150 valence electrons. The zero-order chi connectivity index (χ0) is 20.8. The average molecular weight is 390 g/mol. The van der Waals surface area contributed by atoms with E-state index in [4.69, 9.17) is 18.9 Å². The molecule has 0 bridgehead atoms. The number of benzene rings is 2. The Morgan fingerprint density at radius 3 is 2.11 bits per heavy atom. The molecular formula is C19H22N2O7. The van der Waals surface area contributed by atoms with Gasteiger partial charge in [-0.15, -0.1) is 0 Å². The second-order valence-electron chi connectivity index (χ2n) is 5.80. The molecule has 0 aromatic heterocycles. The third-order valence-corrected chi connectivity index (χ3v) is 4.16. The summed E-state index contributed by atoms with van der Waals surface area (Å²) in [7, 11) is 7.43. The molecule has 0 N–H and O–H groups in total. The third-order valence-electron chi connectivity index (χ3n) is 4.16. The minimum Gasteiger partial charge on any atom is -0.493 e. The number of hydrogen-bond acceptors (Lipinski definition) is 7. The summed E-state index contributed by atoms with van der Waals surface area (Å²) in [5.41, 5.74) is 0.596. The summed E-state index contributed by atoms with van der Waals surface area (Å²) in [5.74, 6) is 1.07. The van der Waals surface area contributed by atoms with Gasteiger partial charge in [0, 0.05) is 30.8 Å². The van der Waals surface area contributed by atoms with Crippen LogP contribution in [0, 0.1) is 10.1 Å². The first-order chi connectivity index (χ1) is 13.4. The topological polar surface area (TPSA) is 100 Å². The first-order valence-corrected chi connectivity index (χ1v) is 8.23. The van der Waals surface area contributed by atoms with Gasteiger partial charge in [-0.1, -0.05) is 0 Å². The predicted octanol–water partition coefficient (Wildman–Crippen LogP) is 2.90. The molecule has 0 spiro atoms. The highest BCUT2D eigenvalue weighted by Gasteiger charge is 2.22. The van der Waals surface area contributed by atoms with Crippen molar-refractivity contribution in [3.8, 4) is 23.0 Å². The number of ether oxygens (including phenoxy) is 4. The van der Waals surface area contributed by atoms with E-state index in [2.05, 4.69) is 0 Å². The van der Waals surface area contributed by atoms with Crippen molar-refractivity contribution in [1.29, 1.82) is 0 Å². The highest BCUT2D eigenvalue weighted by Crippen LogP contribution is 2.40. The standard InChI is InChI=1S/C19H22N2O7/c1-20(11-13-7-9-16(26-3)18(28-5)17(13)27-4)19(22)12-6-8-15(25-2)14(10-12)21(23)24/h6-10H,11H2,1-5H3. The Balaban J connectivity index is 2.33. The van der Waals surface area contributed by atoms with E-state index in [0.717, 1.165) is 0 Å². The number of nitro benzene ring substituents is 1. The maximum atomic E-state index is 12.8. The van der Waals surface area contributed by atoms with Crippen LogP contribution < -0.4 is 18.9 Å². The minimum absolute atomic E-state index is 0.0887. The normalized spacial score (nSPS) is 10.2. The Morgan fingerprint density at radius 2 is 1.57 bits per heavy atom. The van der Waals surface area contributed by atoms with E-state index in [9.17, 15) is 14.9 Å². The summed E-state index contributed by atoms with van der Waals surface area (Å²) >= 11 is 0. The van der Waals surface area contributed by atoms with Crippen molar-refractivity contribution in [2.45, 2.75) is 6.54 Å². The second kappa shape index (κ2) is 8.94. The molecule has 0 atom stereocenters. The van der Waals surface area contributed by atoms with Gasteiger partial charge in [0.15, 0.2) is 17.2 Å². The zero-order valence-corrected chi connectivity index (χ0v) is 16.3. The van der Waals surface area contributed by atoms with Gasteiger partial charge >= 0.3 is 5.69 Å². The van der Waals surface area contributed by atoms with Crippen LogP contribution in [0.2, 0.25) is 0 Å². The number of rotatable bonds is 8. The van der Waals surface area contributed by atoms with Crippen molar-refractivity contribution in [2.24, 2.45) is 0 Å². The summed E-state index contributed by atoms with van der Waals surface area (Å²) in [4.78, 5) is 24.8. The van der Waals surface area contributed by atoms with Gasteiger partial charge in [0.2, 0.25) is 5.75 Å². The van der Waals surface area contributed by atoms with E-state index in [0.29, 0.717) is 22.8 Å². The molecule has 0 aliphatic heterocycles. The van der Waals surface area contributed by atoms with Gasteiger partial charge in [0.25, 0.3) is 5.91 Å². The molecular weight excluding hydrogens is 368 g/mol. The molecule has 0 saturated carbocycles. The SMILES string of the molecule is COc1ccc(C(=O)N(C)Cc2ccc(OC)c(OC)c2OC)cc1[N+](=O)[O-]. The number of hydrogen-bond donors (Lipinski definition) is 0. The molecule has 0 aliphatic carbocycles.